The van der Waals surface area contributed by atoms with Crippen molar-refractivity contribution in [3.8, 4) is 5.75 Å². The summed E-state index contributed by atoms with van der Waals surface area (Å²) in [6, 6.07) is 16.5. The molecule has 2 unspecified atom stereocenters. The zero-order valence-electron chi connectivity index (χ0n) is 15.9. The van der Waals surface area contributed by atoms with Gasteiger partial charge in [0.05, 0.1) is 0 Å². The molecule has 2 aromatic rings. The van der Waals surface area contributed by atoms with Crippen molar-refractivity contribution in [3.63, 3.8) is 0 Å². The van der Waals surface area contributed by atoms with E-state index in [1.165, 1.54) is 12.8 Å². The van der Waals surface area contributed by atoms with Crippen LogP contribution in [-0.2, 0) is 6.61 Å². The number of benzene rings is 2. The summed E-state index contributed by atoms with van der Waals surface area (Å²) in [7, 11) is 1.93. The van der Waals surface area contributed by atoms with Crippen molar-refractivity contribution in [2.45, 2.75) is 50.4 Å². The molecule has 2 atom stereocenters. The van der Waals surface area contributed by atoms with Gasteiger partial charge in [-0.2, -0.15) is 0 Å². The van der Waals surface area contributed by atoms with Crippen molar-refractivity contribution in [3.05, 3.63) is 64.7 Å². The van der Waals surface area contributed by atoms with Gasteiger partial charge in [0.2, 0.25) is 0 Å². The van der Waals surface area contributed by atoms with Crippen molar-refractivity contribution in [2.24, 2.45) is 0 Å². The third-order valence-corrected chi connectivity index (χ3v) is 5.97. The van der Waals surface area contributed by atoms with E-state index in [4.69, 9.17) is 16.3 Å². The van der Waals surface area contributed by atoms with Crippen LogP contribution in [0.5, 0.6) is 5.75 Å². The van der Waals surface area contributed by atoms with Gasteiger partial charge in [0.15, 0.2) is 0 Å². The second kappa shape index (κ2) is 9.17. The van der Waals surface area contributed by atoms with Gasteiger partial charge < -0.3 is 15.0 Å². The predicted molar refractivity (Wildman–Crippen MR) is 115 cm³/mol. The fraction of sp³-hybridized carbons (Fsp3) is 0.409. The standard InChI is InChI=1S/C22H25ClN2O2.ClH/c1-25(20-12-18-9-10-19(13-20)24-18)22(26)16-3-2-4-21(11-16)27-14-15-5-7-17(23)8-6-15;/h2-8,11,18-20,24H,9-10,12-14H2,1H3;1H. The van der Waals surface area contributed by atoms with E-state index in [9.17, 15) is 4.79 Å². The lowest BCUT2D eigenvalue weighted by Gasteiger charge is -2.35. The van der Waals surface area contributed by atoms with E-state index in [1.54, 1.807) is 0 Å². The second-order valence-electron chi connectivity index (χ2n) is 7.62. The highest BCUT2D eigenvalue weighted by Crippen LogP contribution is 2.30. The number of amides is 1. The smallest absolute Gasteiger partial charge is 0.253 e. The van der Waals surface area contributed by atoms with Crippen molar-refractivity contribution in [2.75, 3.05) is 7.05 Å². The summed E-state index contributed by atoms with van der Waals surface area (Å²) < 4.78 is 5.87. The minimum absolute atomic E-state index is 0. The lowest BCUT2D eigenvalue weighted by atomic mass is 9.98. The van der Waals surface area contributed by atoms with Crippen LogP contribution in [0, 0.1) is 0 Å². The highest BCUT2D eigenvalue weighted by atomic mass is 35.5. The average Bonchev–Trinajstić information content (AvgIpc) is 3.04. The van der Waals surface area contributed by atoms with E-state index in [-0.39, 0.29) is 18.3 Å². The number of hydrogen-bond acceptors (Lipinski definition) is 3. The molecule has 2 saturated heterocycles. The Labute approximate surface area is 177 Å². The fourth-order valence-electron chi connectivity index (χ4n) is 4.18. The Balaban J connectivity index is 0.00000225. The molecule has 1 amide bonds. The van der Waals surface area contributed by atoms with Gasteiger partial charge in [-0.25, -0.2) is 0 Å². The number of ether oxygens (including phenoxy) is 1. The third kappa shape index (κ3) is 4.80. The maximum Gasteiger partial charge on any atom is 0.253 e. The number of nitrogens with one attached hydrogen (secondary N) is 1. The minimum Gasteiger partial charge on any atom is -0.489 e. The van der Waals surface area contributed by atoms with E-state index in [0.717, 1.165) is 18.4 Å². The first-order valence-corrected chi connectivity index (χ1v) is 9.97. The van der Waals surface area contributed by atoms with Crippen molar-refractivity contribution in [1.82, 2.24) is 10.2 Å². The van der Waals surface area contributed by atoms with Gasteiger partial charge in [-0.1, -0.05) is 29.8 Å². The molecular formula is C22H26Cl2N2O2. The number of piperidine rings is 1. The molecule has 0 spiro atoms. The molecule has 4 nitrogen and oxygen atoms in total. The Kier molecular flexibility index (Phi) is 6.86. The summed E-state index contributed by atoms with van der Waals surface area (Å²) in [5.74, 6) is 0.771. The maximum atomic E-state index is 13.0. The SMILES string of the molecule is CN(C(=O)c1cccc(OCc2ccc(Cl)cc2)c1)C1CC2CCC(C1)N2.Cl. The van der Waals surface area contributed by atoms with Gasteiger partial charge in [-0.05, 0) is 61.6 Å². The first kappa shape index (κ1) is 21.0. The van der Waals surface area contributed by atoms with E-state index >= 15 is 0 Å². The molecule has 1 N–H and O–H groups in total. The average molecular weight is 421 g/mol. The summed E-state index contributed by atoms with van der Waals surface area (Å²) in [5, 5.41) is 4.34. The highest BCUT2D eigenvalue weighted by molar-refractivity contribution is 6.30. The molecule has 2 bridgehead atoms. The van der Waals surface area contributed by atoms with E-state index in [0.29, 0.717) is 41.1 Å². The summed E-state index contributed by atoms with van der Waals surface area (Å²) in [6.07, 6.45) is 4.56. The summed E-state index contributed by atoms with van der Waals surface area (Å²) in [5.41, 5.74) is 1.72. The van der Waals surface area contributed by atoms with Crippen molar-refractivity contribution < 1.29 is 9.53 Å². The molecule has 6 heteroatoms. The van der Waals surface area contributed by atoms with Gasteiger partial charge in [0.1, 0.15) is 12.4 Å². The zero-order valence-corrected chi connectivity index (χ0v) is 17.5. The molecule has 0 aromatic heterocycles. The molecule has 28 heavy (non-hydrogen) atoms. The Hall–Kier alpha value is -1.75. The van der Waals surface area contributed by atoms with Crippen LogP contribution in [0.4, 0.5) is 0 Å². The number of nitrogens with zero attached hydrogens (tertiary/aromatic N) is 1. The van der Waals surface area contributed by atoms with E-state index in [2.05, 4.69) is 5.32 Å². The van der Waals surface area contributed by atoms with Gasteiger partial charge >= 0.3 is 0 Å². The molecule has 150 valence electrons. The molecule has 4 rings (SSSR count). The highest BCUT2D eigenvalue weighted by Gasteiger charge is 2.36. The van der Waals surface area contributed by atoms with Gasteiger partial charge in [0, 0.05) is 35.8 Å². The van der Waals surface area contributed by atoms with Crippen LogP contribution in [0.2, 0.25) is 5.02 Å². The number of rotatable bonds is 5. The van der Waals surface area contributed by atoms with E-state index in [1.807, 2.05) is 60.5 Å². The fourth-order valence-corrected chi connectivity index (χ4v) is 4.31. The summed E-state index contributed by atoms with van der Waals surface area (Å²) in [4.78, 5) is 14.9. The van der Waals surface area contributed by atoms with Crippen LogP contribution in [0.15, 0.2) is 48.5 Å². The summed E-state index contributed by atoms with van der Waals surface area (Å²) in [6.45, 7) is 0.447. The number of halogens is 2. The van der Waals surface area contributed by atoms with Crippen LogP contribution >= 0.6 is 24.0 Å². The maximum absolute atomic E-state index is 13.0. The first-order valence-electron chi connectivity index (χ1n) is 9.59. The quantitative estimate of drug-likeness (QED) is 0.761. The van der Waals surface area contributed by atoms with Crippen LogP contribution in [0.3, 0.4) is 0 Å². The zero-order chi connectivity index (χ0) is 18.8. The lowest BCUT2D eigenvalue weighted by molar-refractivity contribution is 0.0681. The van der Waals surface area contributed by atoms with Crippen LogP contribution in [0.1, 0.15) is 41.6 Å². The Morgan fingerprint density at radius 1 is 1.14 bits per heavy atom. The number of fused-ring (bicyclic) bond motifs is 2. The van der Waals surface area contributed by atoms with E-state index < -0.39 is 0 Å². The van der Waals surface area contributed by atoms with Crippen molar-refractivity contribution in [1.29, 1.82) is 0 Å². The molecule has 0 saturated carbocycles. The summed E-state index contributed by atoms with van der Waals surface area (Å²) >= 11 is 5.91. The number of carbonyl (C=O) groups excluding carboxylic acids is 1. The van der Waals surface area contributed by atoms with Crippen LogP contribution in [0.25, 0.3) is 0 Å². The molecule has 2 aliphatic rings. The minimum atomic E-state index is 0. The molecule has 0 radical (unpaired) electrons. The van der Waals surface area contributed by atoms with Gasteiger partial charge in [0.25, 0.3) is 5.91 Å². The van der Waals surface area contributed by atoms with Crippen LogP contribution in [-0.4, -0.2) is 36.0 Å². The molecular weight excluding hydrogens is 395 g/mol. The number of hydrogen-bond donors (Lipinski definition) is 1. The molecule has 2 aromatic carbocycles. The van der Waals surface area contributed by atoms with Crippen LogP contribution < -0.4 is 10.1 Å². The molecule has 2 fully saturated rings. The molecule has 2 heterocycles. The Morgan fingerprint density at radius 3 is 2.50 bits per heavy atom. The lowest BCUT2D eigenvalue weighted by Crippen LogP contribution is -2.48. The second-order valence-corrected chi connectivity index (χ2v) is 8.06. The molecule has 2 aliphatic heterocycles. The predicted octanol–water partition coefficient (Wildman–Crippen LogP) is 4.70. The third-order valence-electron chi connectivity index (χ3n) is 5.72. The Morgan fingerprint density at radius 2 is 1.82 bits per heavy atom. The molecule has 0 aliphatic carbocycles. The monoisotopic (exact) mass is 420 g/mol. The topological polar surface area (TPSA) is 41.6 Å². The normalized spacial score (nSPS) is 23.0. The van der Waals surface area contributed by atoms with Gasteiger partial charge in [-0.15, -0.1) is 12.4 Å². The largest absolute Gasteiger partial charge is 0.489 e. The van der Waals surface area contributed by atoms with Gasteiger partial charge in [-0.3, -0.25) is 4.79 Å². The number of carbonyl (C=O) groups is 1. The van der Waals surface area contributed by atoms with Crippen molar-refractivity contribution >= 4 is 29.9 Å². The first-order chi connectivity index (χ1) is 13.1. The Bertz CT molecular complexity index is 800.